The lowest BCUT2D eigenvalue weighted by Gasteiger charge is -2.21. The molecule has 0 aliphatic carbocycles. The number of aromatic nitrogens is 2. The second kappa shape index (κ2) is 14.5. The Labute approximate surface area is 280 Å². The number of amides is 1. The van der Waals surface area contributed by atoms with E-state index in [1.165, 1.54) is 31.0 Å². The molecule has 13 nitrogen and oxygen atoms in total. The molecule has 2 N–H and O–H groups in total. The van der Waals surface area contributed by atoms with Crippen LogP contribution in [0.5, 0.6) is 0 Å². The summed E-state index contributed by atoms with van der Waals surface area (Å²) >= 11 is 0. The third-order valence-corrected chi connectivity index (χ3v) is 8.65. The summed E-state index contributed by atoms with van der Waals surface area (Å²) in [6, 6.07) is 9.01. The first-order valence-corrected chi connectivity index (χ1v) is 16.4. The fourth-order valence-electron chi connectivity index (χ4n) is 5.95. The number of aryl methyl sites for hydroxylation is 1. The zero-order chi connectivity index (χ0) is 34.7. The summed E-state index contributed by atoms with van der Waals surface area (Å²) in [5.41, 5.74) is 3.90. The number of likely N-dealkylation sites (tertiary alicyclic amines) is 1. The summed E-state index contributed by atoms with van der Waals surface area (Å²) in [6.45, 7) is 10.1. The van der Waals surface area contributed by atoms with Gasteiger partial charge in [0.05, 0.1) is 46.1 Å². The number of rotatable bonds is 5. The van der Waals surface area contributed by atoms with Crippen LogP contribution in [0.1, 0.15) is 31.7 Å². The van der Waals surface area contributed by atoms with Crippen LogP contribution in [0, 0.1) is 22.9 Å². The number of non-ortho nitro benzene ring substituents is 1. The number of nitro groups is 1. The Hall–Kier alpha value is -5.21. The Bertz CT molecular complexity index is 2240. The molecule has 49 heavy (non-hydrogen) atoms. The Morgan fingerprint density at radius 1 is 1.02 bits per heavy atom. The Morgan fingerprint density at radius 3 is 2.39 bits per heavy atom. The molecule has 14 heteroatoms. The van der Waals surface area contributed by atoms with Gasteiger partial charge in [-0.1, -0.05) is 6.92 Å². The molecule has 2 saturated heterocycles. The van der Waals surface area contributed by atoms with Crippen molar-refractivity contribution in [2.24, 2.45) is 0 Å². The molecule has 5 heterocycles. The first-order chi connectivity index (χ1) is 23.7. The van der Waals surface area contributed by atoms with Crippen molar-refractivity contribution in [1.82, 2.24) is 19.2 Å². The van der Waals surface area contributed by atoms with Gasteiger partial charge in [0.25, 0.3) is 5.69 Å². The van der Waals surface area contributed by atoms with Crippen molar-refractivity contribution in [3.63, 3.8) is 0 Å². The molecule has 0 bridgehead atoms. The van der Waals surface area contributed by atoms with Gasteiger partial charge in [0, 0.05) is 62.7 Å². The minimum Gasteiger partial charge on any atom is -0.453 e. The van der Waals surface area contributed by atoms with Crippen LogP contribution in [0.25, 0.3) is 49.8 Å². The van der Waals surface area contributed by atoms with Crippen LogP contribution >= 0.6 is 0 Å². The lowest BCUT2D eigenvalue weighted by atomic mass is 10.1. The maximum Gasteiger partial charge on any atom is 0.273 e. The molecule has 2 aliphatic rings. The van der Waals surface area contributed by atoms with Crippen LogP contribution in [0.15, 0.2) is 56.2 Å². The van der Waals surface area contributed by atoms with Gasteiger partial charge in [0.1, 0.15) is 11.2 Å². The summed E-state index contributed by atoms with van der Waals surface area (Å²) < 4.78 is 34.2. The lowest BCUT2D eigenvalue weighted by molar-refractivity contribution is -0.384. The summed E-state index contributed by atoms with van der Waals surface area (Å²) in [4.78, 5) is 40.8. The summed E-state index contributed by atoms with van der Waals surface area (Å²) in [5.74, 6) is -0.561. The lowest BCUT2D eigenvalue weighted by Crippen LogP contribution is -2.32. The van der Waals surface area contributed by atoms with E-state index in [2.05, 4.69) is 22.2 Å². The third kappa shape index (κ3) is 7.01. The molecule has 3 aromatic carbocycles. The normalized spacial score (nSPS) is 15.0. The molecule has 2 fully saturated rings. The number of hydrogen-bond donors (Lipinski definition) is 2. The second-order valence-electron chi connectivity index (χ2n) is 12.2. The van der Waals surface area contributed by atoms with Crippen LogP contribution in [-0.2, 0) is 9.53 Å². The molecule has 8 rings (SSSR count). The van der Waals surface area contributed by atoms with Gasteiger partial charge >= 0.3 is 0 Å². The SMILES string of the molecule is CCCNc1c(F)cc2c(=O)c(C)cn3c4cc5oc6cc([N+](=O)[O-])ccc6[nH]c5cc4oc1c23.CN1CCOCC1.O=CN1CCCC1. The fraction of sp³-hybridized carbons (Fsp3) is 0.371. The molecule has 0 spiro atoms. The minimum atomic E-state index is -0.561. The molecule has 6 aromatic rings. The largest absolute Gasteiger partial charge is 0.453 e. The van der Waals surface area contributed by atoms with Crippen LogP contribution in [-0.4, -0.2) is 83.5 Å². The maximum absolute atomic E-state index is 15.1. The molecule has 3 aromatic heterocycles. The van der Waals surface area contributed by atoms with Crippen molar-refractivity contribution in [3.05, 3.63) is 74.3 Å². The van der Waals surface area contributed by atoms with Gasteiger partial charge in [-0.15, -0.1) is 0 Å². The average molecular weight is 675 g/mol. The molecule has 0 unspecified atom stereocenters. The molecule has 2 aliphatic heterocycles. The quantitative estimate of drug-likeness (QED) is 0.0700. The van der Waals surface area contributed by atoms with Gasteiger partial charge in [-0.2, -0.15) is 0 Å². The molecular weight excluding hydrogens is 635 g/mol. The molecule has 1 amide bonds. The van der Waals surface area contributed by atoms with Gasteiger partial charge in [0.2, 0.25) is 6.41 Å². The average Bonchev–Trinajstić information content (AvgIpc) is 3.63. The Kier molecular flexibility index (Phi) is 9.97. The number of nitrogens with zero attached hydrogens (tertiary/aromatic N) is 4. The van der Waals surface area contributed by atoms with Crippen molar-refractivity contribution in [1.29, 1.82) is 0 Å². The predicted molar refractivity (Wildman–Crippen MR) is 187 cm³/mol. The third-order valence-electron chi connectivity index (χ3n) is 8.65. The van der Waals surface area contributed by atoms with E-state index in [1.807, 2.05) is 6.92 Å². The Balaban J connectivity index is 0.000000246. The fourth-order valence-corrected chi connectivity index (χ4v) is 5.95. The van der Waals surface area contributed by atoms with Gasteiger partial charge in [-0.3, -0.25) is 19.7 Å². The number of aromatic amines is 1. The van der Waals surface area contributed by atoms with Gasteiger partial charge in [-0.05, 0) is 45.4 Å². The Morgan fingerprint density at radius 2 is 1.76 bits per heavy atom. The number of nitro benzene ring substituents is 1. The van der Waals surface area contributed by atoms with Crippen molar-refractivity contribution in [2.45, 2.75) is 33.1 Å². The highest BCUT2D eigenvalue weighted by Crippen LogP contribution is 2.35. The van der Waals surface area contributed by atoms with Crippen molar-refractivity contribution in [3.8, 4) is 0 Å². The van der Waals surface area contributed by atoms with Crippen LogP contribution in [0.2, 0.25) is 0 Å². The minimum absolute atomic E-state index is 0.0869. The molecule has 0 radical (unpaired) electrons. The number of anilines is 1. The van der Waals surface area contributed by atoms with E-state index in [-0.39, 0.29) is 27.8 Å². The summed E-state index contributed by atoms with van der Waals surface area (Å²) in [7, 11) is 2.11. The van der Waals surface area contributed by atoms with E-state index in [1.54, 1.807) is 40.6 Å². The van der Waals surface area contributed by atoms with Gasteiger partial charge in [-0.25, -0.2) is 4.39 Å². The standard InChI is InChI=1S/C25H19FN4O5.C5H11NO.C5H9NO/c1-3-6-27-22-15(26)8-14-23-25(22)35-21-9-17-20(10-18(21)29(23)11-12(2)24(14)31)34-19-7-13(30(32)33)4-5-16(19)28-17;1-6-2-4-7-5-3-6;7-5-6-3-1-2-4-6/h4-5,7-11,27-28H,3,6H2,1-2H3;2-5H2,1H3;5H,1-4H2. The van der Waals surface area contributed by atoms with E-state index in [0.29, 0.717) is 50.9 Å². The van der Waals surface area contributed by atoms with Crippen molar-refractivity contribution < 1.29 is 27.7 Å². The first kappa shape index (κ1) is 33.7. The van der Waals surface area contributed by atoms with Gasteiger partial charge in [0.15, 0.2) is 33.6 Å². The van der Waals surface area contributed by atoms with E-state index in [4.69, 9.17) is 13.6 Å². The predicted octanol–water partition coefficient (Wildman–Crippen LogP) is 6.35. The number of hydrogen-bond acceptors (Lipinski definition) is 9. The number of carbonyl (C=O) groups excluding carboxylic acids is 1. The highest BCUT2D eigenvalue weighted by Gasteiger charge is 2.20. The summed E-state index contributed by atoms with van der Waals surface area (Å²) in [6.07, 6.45) is 5.78. The van der Waals surface area contributed by atoms with Crippen molar-refractivity contribution >= 4 is 67.6 Å². The number of pyridine rings is 1. The monoisotopic (exact) mass is 674 g/mol. The highest BCUT2D eigenvalue weighted by atomic mass is 19.1. The molecule has 0 saturated carbocycles. The van der Waals surface area contributed by atoms with Gasteiger partial charge < -0.3 is 38.1 Å². The van der Waals surface area contributed by atoms with E-state index < -0.39 is 10.7 Å². The summed E-state index contributed by atoms with van der Waals surface area (Å²) in [5, 5.41) is 14.5. The zero-order valence-electron chi connectivity index (χ0n) is 27.7. The van der Waals surface area contributed by atoms with Crippen molar-refractivity contribution in [2.75, 3.05) is 58.3 Å². The number of carbonyl (C=O) groups is 1. The number of H-pyrrole nitrogens is 1. The number of benzene rings is 3. The maximum atomic E-state index is 15.1. The number of likely N-dealkylation sites (N-methyl/N-ethyl adjacent to an activating group) is 1. The van der Waals surface area contributed by atoms with E-state index in [0.717, 1.165) is 52.2 Å². The highest BCUT2D eigenvalue weighted by molar-refractivity contribution is 6.04. The smallest absolute Gasteiger partial charge is 0.273 e. The first-order valence-electron chi connectivity index (χ1n) is 16.4. The van der Waals surface area contributed by atoms with Crippen LogP contribution < -0.4 is 10.7 Å². The number of nitrogens with one attached hydrogen (secondary N) is 2. The van der Waals surface area contributed by atoms with Crippen LogP contribution in [0.4, 0.5) is 15.8 Å². The number of fused-ring (bicyclic) bond motifs is 4. The number of morpholine rings is 1. The number of halogens is 1. The topological polar surface area (TPSA) is 152 Å². The van der Waals surface area contributed by atoms with E-state index in [9.17, 15) is 19.7 Å². The number of ether oxygens (including phenoxy) is 1. The molecule has 258 valence electrons. The zero-order valence-corrected chi connectivity index (χ0v) is 27.7. The second-order valence-corrected chi connectivity index (χ2v) is 12.2. The van der Waals surface area contributed by atoms with E-state index >= 15 is 4.39 Å². The van der Waals surface area contributed by atoms with Crippen LogP contribution in [0.3, 0.4) is 0 Å². The molecular formula is C35H39FN6O7. The molecule has 0 atom stereocenters.